The van der Waals surface area contributed by atoms with Gasteiger partial charge in [0, 0.05) is 24.8 Å². The van der Waals surface area contributed by atoms with Crippen LogP contribution in [-0.4, -0.2) is 22.9 Å². The van der Waals surface area contributed by atoms with E-state index >= 15 is 0 Å². The molecule has 0 saturated carbocycles. The van der Waals surface area contributed by atoms with Crippen molar-refractivity contribution in [3.8, 4) is 0 Å². The van der Waals surface area contributed by atoms with Gasteiger partial charge < -0.3 is 10.3 Å². The van der Waals surface area contributed by atoms with Crippen molar-refractivity contribution >= 4 is 16.8 Å². The minimum absolute atomic E-state index is 0.164. The van der Waals surface area contributed by atoms with Gasteiger partial charge in [-0.05, 0) is 12.1 Å². The molecule has 4 heteroatoms. The lowest BCUT2D eigenvalue weighted by molar-refractivity contribution is 0.0958. The van der Waals surface area contributed by atoms with Gasteiger partial charge in [0.05, 0.1) is 5.52 Å². The van der Waals surface area contributed by atoms with E-state index in [2.05, 4.69) is 15.3 Å². The van der Waals surface area contributed by atoms with E-state index in [-0.39, 0.29) is 5.91 Å². The molecule has 0 atom stereocenters. The second-order valence-electron chi connectivity index (χ2n) is 2.71. The number of H-pyrrole nitrogens is 1. The molecule has 2 aromatic rings. The van der Waals surface area contributed by atoms with Crippen molar-refractivity contribution in [2.24, 2.45) is 0 Å². The molecule has 0 saturated heterocycles. The molecule has 0 aliphatic rings. The Kier molecular flexibility index (Phi) is 1.73. The van der Waals surface area contributed by atoms with E-state index in [9.17, 15) is 4.79 Å². The molecule has 0 radical (unpaired) electrons. The molecule has 2 aromatic heterocycles. The third kappa shape index (κ3) is 1.26. The summed E-state index contributed by atoms with van der Waals surface area (Å²) in [6, 6.07) is 3.57. The summed E-state index contributed by atoms with van der Waals surface area (Å²) < 4.78 is 0. The molecule has 0 aromatic carbocycles. The van der Waals surface area contributed by atoms with Crippen LogP contribution >= 0.6 is 0 Å². The summed E-state index contributed by atoms with van der Waals surface area (Å²) in [4.78, 5) is 18.3. The van der Waals surface area contributed by atoms with E-state index in [4.69, 9.17) is 0 Å². The van der Waals surface area contributed by atoms with Gasteiger partial charge in [-0.3, -0.25) is 4.79 Å². The number of amides is 1. The van der Waals surface area contributed by atoms with Crippen LogP contribution in [0.5, 0.6) is 0 Å². The van der Waals surface area contributed by atoms with Crippen molar-refractivity contribution in [3.05, 3.63) is 30.2 Å². The Morgan fingerprint density at radius 1 is 1.46 bits per heavy atom. The molecular formula is C9H9N3O. The number of nitrogens with one attached hydrogen (secondary N) is 2. The topological polar surface area (TPSA) is 57.8 Å². The summed E-state index contributed by atoms with van der Waals surface area (Å²) >= 11 is 0. The first kappa shape index (κ1) is 7.79. The van der Waals surface area contributed by atoms with Gasteiger partial charge in [0.1, 0.15) is 5.69 Å². The predicted molar refractivity (Wildman–Crippen MR) is 49.5 cm³/mol. The molecule has 1 amide bonds. The zero-order valence-electron chi connectivity index (χ0n) is 7.16. The second-order valence-corrected chi connectivity index (χ2v) is 2.71. The fourth-order valence-corrected chi connectivity index (χ4v) is 1.19. The highest BCUT2D eigenvalue weighted by atomic mass is 16.1. The van der Waals surface area contributed by atoms with Crippen LogP contribution in [-0.2, 0) is 0 Å². The molecule has 0 fully saturated rings. The van der Waals surface area contributed by atoms with E-state index in [1.807, 2.05) is 12.3 Å². The van der Waals surface area contributed by atoms with Gasteiger partial charge in [-0.15, -0.1) is 0 Å². The highest BCUT2D eigenvalue weighted by Crippen LogP contribution is 2.10. The van der Waals surface area contributed by atoms with Crippen molar-refractivity contribution in [2.75, 3.05) is 7.05 Å². The number of rotatable bonds is 1. The molecule has 0 spiro atoms. The van der Waals surface area contributed by atoms with Gasteiger partial charge in [0.25, 0.3) is 5.91 Å². The monoisotopic (exact) mass is 175 g/mol. The quantitative estimate of drug-likeness (QED) is 0.677. The van der Waals surface area contributed by atoms with Crippen LogP contribution in [0.1, 0.15) is 10.5 Å². The number of hydrogen-bond donors (Lipinski definition) is 2. The minimum Gasteiger partial charge on any atom is -0.365 e. The van der Waals surface area contributed by atoms with E-state index in [0.717, 1.165) is 10.9 Å². The van der Waals surface area contributed by atoms with Crippen molar-refractivity contribution in [1.82, 2.24) is 15.3 Å². The van der Waals surface area contributed by atoms with Gasteiger partial charge in [0.2, 0.25) is 0 Å². The van der Waals surface area contributed by atoms with Crippen LogP contribution in [0.2, 0.25) is 0 Å². The van der Waals surface area contributed by atoms with Gasteiger partial charge >= 0.3 is 0 Å². The van der Waals surface area contributed by atoms with Crippen LogP contribution in [0.4, 0.5) is 0 Å². The molecule has 13 heavy (non-hydrogen) atoms. The van der Waals surface area contributed by atoms with E-state index < -0.39 is 0 Å². The summed E-state index contributed by atoms with van der Waals surface area (Å²) in [7, 11) is 1.59. The third-order valence-corrected chi connectivity index (χ3v) is 1.88. The lowest BCUT2D eigenvalue weighted by Gasteiger charge is -1.97. The fraction of sp³-hybridized carbons (Fsp3) is 0.111. The Bertz CT molecular complexity index is 447. The summed E-state index contributed by atoms with van der Waals surface area (Å²) in [5.74, 6) is -0.164. The zero-order valence-corrected chi connectivity index (χ0v) is 7.16. The predicted octanol–water partition coefficient (Wildman–Crippen LogP) is 0.922. The van der Waals surface area contributed by atoms with Crippen molar-refractivity contribution in [1.29, 1.82) is 0 Å². The minimum atomic E-state index is -0.164. The molecule has 0 aliphatic heterocycles. The molecular weight excluding hydrogens is 166 g/mol. The maximum Gasteiger partial charge on any atom is 0.269 e. The fourth-order valence-electron chi connectivity index (χ4n) is 1.19. The number of pyridine rings is 1. The highest BCUT2D eigenvalue weighted by Gasteiger charge is 2.05. The Morgan fingerprint density at radius 3 is 3.08 bits per heavy atom. The smallest absolute Gasteiger partial charge is 0.269 e. The van der Waals surface area contributed by atoms with Gasteiger partial charge in [-0.25, -0.2) is 4.98 Å². The average molecular weight is 175 g/mol. The number of carbonyl (C=O) groups excluding carboxylic acids is 1. The number of carbonyl (C=O) groups is 1. The molecule has 0 unspecified atom stereocenters. The third-order valence-electron chi connectivity index (χ3n) is 1.88. The van der Waals surface area contributed by atoms with Gasteiger partial charge in [-0.1, -0.05) is 0 Å². The first-order valence-electron chi connectivity index (χ1n) is 3.97. The largest absolute Gasteiger partial charge is 0.365 e. The lowest BCUT2D eigenvalue weighted by atomic mass is 10.3. The SMILES string of the molecule is CNC(=O)c1ccc2c[nH]cc2n1. The molecule has 2 heterocycles. The number of nitrogens with zero attached hydrogens (tertiary/aromatic N) is 1. The van der Waals surface area contributed by atoms with Crippen LogP contribution in [0.15, 0.2) is 24.5 Å². The molecule has 66 valence electrons. The number of aromatic nitrogens is 2. The van der Waals surface area contributed by atoms with Crippen molar-refractivity contribution in [3.63, 3.8) is 0 Å². The molecule has 2 N–H and O–H groups in total. The summed E-state index contributed by atoms with van der Waals surface area (Å²) in [5, 5.41) is 3.53. The molecule has 0 aliphatic carbocycles. The Hall–Kier alpha value is -1.84. The maximum absolute atomic E-state index is 11.2. The number of fused-ring (bicyclic) bond motifs is 1. The summed E-state index contributed by atoms with van der Waals surface area (Å²) in [6.07, 6.45) is 3.61. The summed E-state index contributed by atoms with van der Waals surface area (Å²) in [5.41, 5.74) is 1.25. The lowest BCUT2D eigenvalue weighted by Crippen LogP contribution is -2.18. The van der Waals surface area contributed by atoms with E-state index in [1.54, 1.807) is 19.3 Å². The first-order valence-corrected chi connectivity index (χ1v) is 3.97. The molecule has 2 rings (SSSR count). The molecule has 0 bridgehead atoms. The highest BCUT2D eigenvalue weighted by molar-refractivity contribution is 5.94. The second kappa shape index (κ2) is 2.90. The standard InChI is InChI=1S/C9H9N3O/c1-10-9(13)7-3-2-6-4-11-5-8(6)12-7/h2-5,11H,1H3,(H,10,13). The Morgan fingerprint density at radius 2 is 2.31 bits per heavy atom. The van der Waals surface area contributed by atoms with Crippen LogP contribution in [0.25, 0.3) is 10.9 Å². The molecule has 4 nitrogen and oxygen atoms in total. The van der Waals surface area contributed by atoms with Crippen LogP contribution in [0, 0.1) is 0 Å². The Balaban J connectivity index is 2.54. The van der Waals surface area contributed by atoms with Crippen molar-refractivity contribution < 1.29 is 4.79 Å². The van der Waals surface area contributed by atoms with Gasteiger partial charge in [0.15, 0.2) is 0 Å². The van der Waals surface area contributed by atoms with Crippen LogP contribution in [0.3, 0.4) is 0 Å². The average Bonchev–Trinajstić information content (AvgIpc) is 2.63. The first-order chi connectivity index (χ1) is 6.31. The summed E-state index contributed by atoms with van der Waals surface area (Å²) in [6.45, 7) is 0. The van der Waals surface area contributed by atoms with E-state index in [0.29, 0.717) is 5.69 Å². The van der Waals surface area contributed by atoms with E-state index in [1.165, 1.54) is 0 Å². The van der Waals surface area contributed by atoms with Gasteiger partial charge in [-0.2, -0.15) is 0 Å². The van der Waals surface area contributed by atoms with Crippen molar-refractivity contribution in [2.45, 2.75) is 0 Å². The Labute approximate surface area is 75.0 Å². The van der Waals surface area contributed by atoms with Crippen LogP contribution < -0.4 is 5.32 Å². The number of aromatic amines is 1. The zero-order chi connectivity index (χ0) is 9.26. The normalized spacial score (nSPS) is 10.2. The maximum atomic E-state index is 11.2. The number of hydrogen-bond acceptors (Lipinski definition) is 2.